The number of imidazole rings is 2. The molecule has 1 aliphatic rings. The quantitative estimate of drug-likeness (QED) is 0.347. The summed E-state index contributed by atoms with van der Waals surface area (Å²) in [6, 6.07) is 0.350. The Labute approximate surface area is 217 Å². The second-order valence-corrected chi connectivity index (χ2v) is 10.1. The van der Waals surface area contributed by atoms with Crippen LogP contribution in [0.3, 0.4) is 0 Å². The molecular formula is C28H34N8O. The Balaban J connectivity index is 1.41. The molecule has 0 aromatic carbocycles. The molecule has 1 atom stereocenters. The van der Waals surface area contributed by atoms with E-state index < -0.39 is 0 Å². The first-order valence-corrected chi connectivity index (χ1v) is 12.3. The maximum absolute atomic E-state index is 12.4. The van der Waals surface area contributed by atoms with Gasteiger partial charge in [-0.3, -0.25) is 10.2 Å². The van der Waals surface area contributed by atoms with E-state index >= 15 is 0 Å². The number of nitrogens with two attached hydrogens (primary N) is 1. The molecule has 3 heterocycles. The van der Waals surface area contributed by atoms with Crippen LogP contribution in [-0.4, -0.2) is 35.1 Å². The first-order chi connectivity index (χ1) is 17.7. The molecule has 3 N–H and O–H groups in total. The van der Waals surface area contributed by atoms with Gasteiger partial charge in [-0.25, -0.2) is 24.6 Å². The lowest BCUT2D eigenvalue weighted by atomic mass is 9.71. The van der Waals surface area contributed by atoms with Crippen LogP contribution >= 0.6 is 0 Å². The fraction of sp³-hybridized carbons (Fsp3) is 0.321. The van der Waals surface area contributed by atoms with Gasteiger partial charge in [-0.05, 0) is 55.7 Å². The van der Waals surface area contributed by atoms with Crippen LogP contribution in [0.25, 0.3) is 11.2 Å². The Bertz CT molecular complexity index is 1430. The molecule has 3 aromatic heterocycles. The van der Waals surface area contributed by atoms with Crippen LogP contribution in [0.5, 0.6) is 0 Å². The molecule has 0 aliphatic heterocycles. The van der Waals surface area contributed by atoms with E-state index in [4.69, 9.17) is 5.73 Å². The third-order valence-corrected chi connectivity index (χ3v) is 6.76. The summed E-state index contributed by atoms with van der Waals surface area (Å²) >= 11 is 0. The second-order valence-electron chi connectivity index (χ2n) is 10.1. The molecule has 0 saturated carbocycles. The molecular weight excluding hydrogens is 464 g/mol. The van der Waals surface area contributed by atoms with Gasteiger partial charge in [0, 0.05) is 18.5 Å². The molecule has 1 unspecified atom stereocenters. The van der Waals surface area contributed by atoms with E-state index in [1.165, 1.54) is 34.6 Å². The number of rotatable bonds is 7. The first-order valence-electron chi connectivity index (χ1n) is 12.3. The van der Waals surface area contributed by atoms with Gasteiger partial charge in [0.05, 0.1) is 12.4 Å². The fourth-order valence-electron chi connectivity index (χ4n) is 4.71. The van der Waals surface area contributed by atoms with E-state index in [9.17, 15) is 4.79 Å². The topological polar surface area (TPSA) is 117 Å². The van der Waals surface area contributed by atoms with E-state index in [1.54, 1.807) is 0 Å². The molecule has 3 aromatic rings. The third kappa shape index (κ3) is 5.94. The molecule has 192 valence electrons. The lowest BCUT2D eigenvalue weighted by Gasteiger charge is -2.37. The SMILES string of the molecule is CC(C=CC1=C(C)C(n2ccnc2)CCC1(C)C)=CC=CC(C)=CC(=O)Nn1cnc2c(N)ncnc21. The second kappa shape index (κ2) is 10.8. The molecule has 0 spiro atoms. The van der Waals surface area contributed by atoms with Crippen molar-refractivity contribution in [3.63, 3.8) is 0 Å². The number of nitrogens with zero attached hydrogens (tertiary/aromatic N) is 6. The molecule has 4 rings (SSSR count). The summed E-state index contributed by atoms with van der Waals surface area (Å²) < 4.78 is 3.63. The predicted octanol–water partition coefficient (Wildman–Crippen LogP) is 5.06. The number of allylic oxidation sites excluding steroid dienone is 9. The zero-order valence-electron chi connectivity index (χ0n) is 22.0. The van der Waals surface area contributed by atoms with Crippen molar-refractivity contribution in [1.82, 2.24) is 29.2 Å². The third-order valence-electron chi connectivity index (χ3n) is 6.76. The van der Waals surface area contributed by atoms with Crippen molar-refractivity contribution in [3.8, 4) is 0 Å². The maximum atomic E-state index is 12.4. The highest BCUT2D eigenvalue weighted by Gasteiger charge is 2.32. The number of aromatic nitrogens is 6. The van der Waals surface area contributed by atoms with Crippen molar-refractivity contribution in [3.05, 3.63) is 90.1 Å². The molecule has 37 heavy (non-hydrogen) atoms. The Kier molecular flexibility index (Phi) is 7.52. The zero-order valence-corrected chi connectivity index (χ0v) is 22.0. The monoisotopic (exact) mass is 498 g/mol. The van der Waals surface area contributed by atoms with Gasteiger partial charge in [0.15, 0.2) is 17.0 Å². The van der Waals surface area contributed by atoms with Gasteiger partial charge in [0.2, 0.25) is 0 Å². The minimum absolute atomic E-state index is 0.124. The lowest BCUT2D eigenvalue weighted by Crippen LogP contribution is -2.25. The van der Waals surface area contributed by atoms with Crippen molar-refractivity contribution < 1.29 is 4.79 Å². The molecule has 1 amide bonds. The summed E-state index contributed by atoms with van der Waals surface area (Å²) in [5.41, 5.74) is 14.2. The van der Waals surface area contributed by atoms with E-state index in [1.807, 2.05) is 43.9 Å². The number of carbonyl (C=O) groups excluding carboxylic acids is 1. The number of nitrogen functional groups attached to an aromatic ring is 1. The summed E-state index contributed by atoms with van der Waals surface area (Å²) in [4.78, 5) is 28.8. The highest BCUT2D eigenvalue weighted by Crippen LogP contribution is 2.45. The maximum Gasteiger partial charge on any atom is 0.263 e. The van der Waals surface area contributed by atoms with Crippen LogP contribution in [0.2, 0.25) is 0 Å². The van der Waals surface area contributed by atoms with Gasteiger partial charge in [0.1, 0.15) is 12.7 Å². The zero-order chi connectivity index (χ0) is 26.6. The van der Waals surface area contributed by atoms with Crippen molar-refractivity contribution in [2.75, 3.05) is 11.2 Å². The average Bonchev–Trinajstić information content (AvgIpc) is 3.50. The highest BCUT2D eigenvalue weighted by molar-refractivity contribution is 5.96. The molecule has 9 nitrogen and oxygen atoms in total. The van der Waals surface area contributed by atoms with E-state index in [2.05, 4.69) is 69.8 Å². The van der Waals surface area contributed by atoms with Gasteiger partial charge >= 0.3 is 0 Å². The number of amides is 1. The lowest BCUT2D eigenvalue weighted by molar-refractivity contribution is -0.112. The van der Waals surface area contributed by atoms with E-state index in [-0.39, 0.29) is 17.1 Å². The predicted molar refractivity (Wildman–Crippen MR) is 147 cm³/mol. The van der Waals surface area contributed by atoms with E-state index in [0.717, 1.165) is 24.0 Å². The summed E-state index contributed by atoms with van der Waals surface area (Å²) in [6.07, 6.45) is 22.6. The van der Waals surface area contributed by atoms with Crippen molar-refractivity contribution in [2.45, 2.75) is 53.5 Å². The van der Waals surface area contributed by atoms with Crippen LogP contribution in [0.15, 0.2) is 90.1 Å². The average molecular weight is 499 g/mol. The molecule has 0 fully saturated rings. The number of anilines is 1. The molecule has 1 aliphatic carbocycles. The Morgan fingerprint density at radius 2 is 1.97 bits per heavy atom. The number of hydrogen-bond donors (Lipinski definition) is 2. The largest absolute Gasteiger partial charge is 0.382 e. The van der Waals surface area contributed by atoms with Crippen molar-refractivity contribution in [2.24, 2.45) is 5.41 Å². The Hall–Kier alpha value is -4.27. The molecule has 0 bridgehead atoms. The number of hydrogen-bond acceptors (Lipinski definition) is 6. The molecule has 9 heteroatoms. The van der Waals surface area contributed by atoms with Crippen LogP contribution in [-0.2, 0) is 4.79 Å². The standard InChI is InChI=1S/C28H34N8O/c1-19(9-10-22-21(3)23(11-12-28(22,4)5)35-14-13-30-17-35)7-6-8-20(2)15-24(37)34-36-18-33-25-26(29)31-16-32-27(25)36/h6-10,13-18,23H,11-12H2,1-5H3,(H,34,37)(H2,29,31,32). The number of fused-ring (bicyclic) bond motifs is 1. The van der Waals surface area contributed by atoms with Crippen molar-refractivity contribution in [1.29, 1.82) is 0 Å². The summed E-state index contributed by atoms with van der Waals surface area (Å²) in [7, 11) is 0. The highest BCUT2D eigenvalue weighted by atomic mass is 16.2. The van der Waals surface area contributed by atoms with Gasteiger partial charge in [0.25, 0.3) is 5.91 Å². The van der Waals surface area contributed by atoms with Gasteiger partial charge < -0.3 is 10.3 Å². The number of nitrogens with one attached hydrogen (secondary N) is 1. The van der Waals surface area contributed by atoms with Gasteiger partial charge in [-0.15, -0.1) is 0 Å². The molecule has 0 radical (unpaired) electrons. The minimum Gasteiger partial charge on any atom is -0.382 e. The normalized spacial score (nSPS) is 18.9. The van der Waals surface area contributed by atoms with Crippen molar-refractivity contribution >= 4 is 22.9 Å². The summed E-state index contributed by atoms with van der Waals surface area (Å²) in [5, 5.41) is 0. The van der Waals surface area contributed by atoms with Crippen LogP contribution in [0, 0.1) is 5.41 Å². The smallest absolute Gasteiger partial charge is 0.263 e. The Morgan fingerprint density at radius 1 is 1.16 bits per heavy atom. The summed E-state index contributed by atoms with van der Waals surface area (Å²) in [6.45, 7) is 10.8. The van der Waals surface area contributed by atoms with Crippen LogP contribution in [0.1, 0.15) is 53.5 Å². The van der Waals surface area contributed by atoms with Gasteiger partial charge in [-0.2, -0.15) is 0 Å². The van der Waals surface area contributed by atoms with E-state index in [0.29, 0.717) is 17.2 Å². The van der Waals surface area contributed by atoms with Crippen LogP contribution in [0.4, 0.5) is 5.82 Å². The summed E-state index contributed by atoms with van der Waals surface area (Å²) in [5.74, 6) is -0.0333. The Morgan fingerprint density at radius 3 is 2.73 bits per heavy atom. The number of carbonyl (C=O) groups is 1. The minimum atomic E-state index is -0.298. The van der Waals surface area contributed by atoms with Crippen LogP contribution < -0.4 is 11.2 Å². The first kappa shape index (κ1) is 25.8. The molecule has 0 saturated heterocycles. The van der Waals surface area contributed by atoms with Gasteiger partial charge in [-0.1, -0.05) is 49.8 Å². The fourth-order valence-corrected chi connectivity index (χ4v) is 4.71.